The van der Waals surface area contributed by atoms with Gasteiger partial charge in [-0.1, -0.05) is 18.2 Å². The molecular weight excluding hydrogens is 351 g/mol. The van der Waals surface area contributed by atoms with Crippen molar-refractivity contribution in [1.82, 2.24) is 10.3 Å². The fourth-order valence-corrected chi connectivity index (χ4v) is 2.10. The highest BCUT2D eigenvalue weighted by atomic mass is 19.4. The first-order chi connectivity index (χ1) is 12.4. The first-order valence-corrected chi connectivity index (χ1v) is 7.35. The Hall–Kier alpha value is -3.43. The topological polar surface area (TPSA) is 86.0 Å². The van der Waals surface area contributed by atoms with Crippen LogP contribution < -0.4 is 10.00 Å². The predicted molar refractivity (Wildman–Crippen MR) is 83.5 cm³/mol. The van der Waals surface area contributed by atoms with Crippen molar-refractivity contribution in [3.8, 4) is 0 Å². The summed E-state index contributed by atoms with van der Waals surface area (Å²) in [6, 6.07) is 6.96. The molecule has 0 aliphatic carbocycles. The van der Waals surface area contributed by atoms with Crippen LogP contribution in [-0.4, -0.2) is 16.3 Å². The number of urea groups is 1. The third-order valence-electron chi connectivity index (χ3n) is 3.22. The normalized spacial score (nSPS) is 11.2. The molecule has 0 fully saturated rings. The quantitative estimate of drug-likeness (QED) is 0.717. The molecule has 3 rings (SSSR count). The molecule has 0 atom stereocenters. The SMILES string of the molecule is O=C([N-]c1c[n+](Cc2cccnc2)no1)Nc1cccc(C(F)(F)F)c1. The van der Waals surface area contributed by atoms with Crippen LogP contribution in [0.15, 0.2) is 59.5 Å². The lowest BCUT2D eigenvalue weighted by molar-refractivity contribution is -0.754. The number of aromatic nitrogens is 3. The van der Waals surface area contributed by atoms with E-state index in [1.54, 1.807) is 18.5 Å². The van der Waals surface area contributed by atoms with Gasteiger partial charge in [-0.05, 0) is 28.6 Å². The van der Waals surface area contributed by atoms with Crippen molar-refractivity contribution in [1.29, 1.82) is 0 Å². The Labute approximate surface area is 145 Å². The first kappa shape index (κ1) is 17.4. The van der Waals surface area contributed by atoms with Gasteiger partial charge in [0.05, 0.1) is 5.56 Å². The summed E-state index contributed by atoms with van der Waals surface area (Å²) in [5, 5.41) is 9.57. The van der Waals surface area contributed by atoms with E-state index in [9.17, 15) is 18.0 Å². The van der Waals surface area contributed by atoms with Gasteiger partial charge >= 0.3 is 6.18 Å². The molecule has 7 nitrogen and oxygen atoms in total. The van der Waals surface area contributed by atoms with Crippen LogP contribution in [0.4, 0.5) is 29.5 Å². The Morgan fingerprint density at radius 3 is 2.85 bits per heavy atom. The van der Waals surface area contributed by atoms with Crippen LogP contribution >= 0.6 is 0 Å². The van der Waals surface area contributed by atoms with Crippen molar-refractivity contribution in [3.05, 3.63) is 71.4 Å². The van der Waals surface area contributed by atoms with Crippen LogP contribution in [0.2, 0.25) is 0 Å². The number of amides is 2. The van der Waals surface area contributed by atoms with Crippen LogP contribution in [0.25, 0.3) is 5.32 Å². The average molecular weight is 363 g/mol. The minimum atomic E-state index is -4.50. The first-order valence-electron chi connectivity index (χ1n) is 7.35. The second-order valence-electron chi connectivity index (χ2n) is 5.22. The van der Waals surface area contributed by atoms with Gasteiger partial charge in [0, 0.05) is 18.0 Å². The van der Waals surface area contributed by atoms with E-state index >= 15 is 0 Å². The zero-order valence-corrected chi connectivity index (χ0v) is 13.1. The molecule has 0 saturated carbocycles. The van der Waals surface area contributed by atoms with Crippen molar-refractivity contribution in [2.75, 3.05) is 5.32 Å². The molecule has 0 radical (unpaired) electrons. The molecule has 2 amide bonds. The van der Waals surface area contributed by atoms with Gasteiger partial charge in [-0.3, -0.25) is 9.78 Å². The monoisotopic (exact) mass is 363 g/mol. The Bertz CT molecular complexity index is 896. The van der Waals surface area contributed by atoms with Gasteiger partial charge in [-0.25, -0.2) is 0 Å². The minimum Gasteiger partial charge on any atom is -0.424 e. The maximum Gasteiger partial charge on any atom is 0.416 e. The van der Waals surface area contributed by atoms with E-state index in [1.807, 2.05) is 6.07 Å². The number of halogens is 3. The lowest BCUT2D eigenvalue weighted by Gasteiger charge is -2.15. The molecule has 2 heterocycles. The summed E-state index contributed by atoms with van der Waals surface area (Å²) in [5.41, 5.74) is -0.0358. The smallest absolute Gasteiger partial charge is 0.416 e. The summed E-state index contributed by atoms with van der Waals surface area (Å²) >= 11 is 0. The van der Waals surface area contributed by atoms with Gasteiger partial charge in [0.25, 0.3) is 0 Å². The second-order valence-corrected chi connectivity index (χ2v) is 5.22. The van der Waals surface area contributed by atoms with Crippen LogP contribution in [-0.2, 0) is 12.7 Å². The molecule has 0 aliphatic heterocycles. The number of hydrogen-bond donors (Lipinski definition) is 1. The molecule has 0 bridgehead atoms. The molecule has 1 N–H and O–H groups in total. The van der Waals surface area contributed by atoms with Crippen LogP contribution in [0, 0.1) is 0 Å². The molecule has 1 aromatic carbocycles. The van der Waals surface area contributed by atoms with Crippen molar-refractivity contribution >= 4 is 17.6 Å². The fourth-order valence-electron chi connectivity index (χ4n) is 2.10. The number of pyridine rings is 1. The molecule has 0 unspecified atom stereocenters. The van der Waals surface area contributed by atoms with Gasteiger partial charge in [0.15, 0.2) is 11.3 Å². The van der Waals surface area contributed by atoms with E-state index in [0.29, 0.717) is 6.54 Å². The predicted octanol–water partition coefficient (Wildman–Crippen LogP) is 3.66. The number of alkyl halides is 3. The average Bonchev–Trinajstić information content (AvgIpc) is 3.02. The molecular formula is C16H12F3N5O2. The Balaban J connectivity index is 1.60. The van der Waals surface area contributed by atoms with Crippen LogP contribution in [0.1, 0.15) is 11.1 Å². The third kappa shape index (κ3) is 4.56. The number of nitrogens with zero attached hydrogens (tertiary/aromatic N) is 4. The molecule has 26 heavy (non-hydrogen) atoms. The third-order valence-corrected chi connectivity index (χ3v) is 3.22. The molecule has 2 aromatic heterocycles. The highest BCUT2D eigenvalue weighted by Crippen LogP contribution is 2.30. The Kier molecular flexibility index (Phi) is 4.83. The molecule has 3 aromatic rings. The summed E-state index contributed by atoms with van der Waals surface area (Å²) in [4.78, 5) is 15.8. The molecule has 0 saturated heterocycles. The van der Waals surface area contributed by atoms with Crippen molar-refractivity contribution in [3.63, 3.8) is 0 Å². The zero-order chi connectivity index (χ0) is 18.6. The lowest BCUT2D eigenvalue weighted by Crippen LogP contribution is -2.35. The zero-order valence-electron chi connectivity index (χ0n) is 13.1. The number of benzene rings is 1. The standard InChI is InChI=1S/C16H12F3N5O2/c17-16(18,19)12-4-1-5-13(7-12)21-15(25)22-14-10-24(23-26-14)9-11-3-2-6-20-8-11/h1-8,10H,9H2,(H-,21,22,23,25). The van der Waals surface area contributed by atoms with Crippen LogP contribution in [0.5, 0.6) is 0 Å². The number of anilines is 1. The van der Waals surface area contributed by atoms with Gasteiger partial charge in [-0.15, -0.1) is 0 Å². The summed E-state index contributed by atoms with van der Waals surface area (Å²) in [6.07, 6.45) is 0.175. The number of rotatable bonds is 4. The van der Waals surface area contributed by atoms with E-state index in [4.69, 9.17) is 4.52 Å². The number of carbonyl (C=O) groups is 1. The van der Waals surface area contributed by atoms with Gasteiger partial charge in [-0.2, -0.15) is 13.2 Å². The maximum atomic E-state index is 12.7. The molecule has 0 aliphatic rings. The Morgan fingerprint density at radius 1 is 1.27 bits per heavy atom. The van der Waals surface area contributed by atoms with E-state index in [0.717, 1.165) is 17.7 Å². The largest absolute Gasteiger partial charge is 0.424 e. The van der Waals surface area contributed by atoms with Gasteiger partial charge < -0.3 is 15.2 Å². The van der Waals surface area contributed by atoms with E-state index < -0.39 is 17.8 Å². The minimum absolute atomic E-state index is 0.0312. The van der Waals surface area contributed by atoms with Gasteiger partial charge in [0.1, 0.15) is 0 Å². The molecule has 134 valence electrons. The summed E-state index contributed by atoms with van der Waals surface area (Å²) in [6.45, 7) is 0.363. The van der Waals surface area contributed by atoms with Gasteiger partial charge in [0.2, 0.25) is 18.6 Å². The van der Waals surface area contributed by atoms with E-state index in [-0.39, 0.29) is 11.6 Å². The highest BCUT2D eigenvalue weighted by Gasteiger charge is 2.30. The summed E-state index contributed by atoms with van der Waals surface area (Å²) in [7, 11) is 0. The summed E-state index contributed by atoms with van der Waals surface area (Å²) in [5.74, 6) is -0.0848. The number of hydrogen-bond acceptors (Lipinski definition) is 4. The van der Waals surface area contributed by atoms with Crippen molar-refractivity contribution < 1.29 is 27.2 Å². The molecule has 0 spiro atoms. The highest BCUT2D eigenvalue weighted by molar-refractivity contribution is 6.03. The van der Waals surface area contributed by atoms with Crippen molar-refractivity contribution in [2.24, 2.45) is 0 Å². The fraction of sp³-hybridized carbons (Fsp3) is 0.125. The Morgan fingerprint density at radius 2 is 2.12 bits per heavy atom. The maximum absolute atomic E-state index is 12.7. The van der Waals surface area contributed by atoms with Crippen molar-refractivity contribution in [2.45, 2.75) is 12.7 Å². The van der Waals surface area contributed by atoms with E-state index in [1.165, 1.54) is 23.0 Å². The summed E-state index contributed by atoms with van der Waals surface area (Å²) < 4.78 is 44.3. The lowest BCUT2D eigenvalue weighted by atomic mass is 10.2. The number of carbonyl (C=O) groups excluding carboxylic acids is 1. The molecule has 10 heteroatoms. The van der Waals surface area contributed by atoms with E-state index in [2.05, 4.69) is 20.9 Å². The van der Waals surface area contributed by atoms with Crippen LogP contribution in [0.3, 0.4) is 0 Å². The second kappa shape index (κ2) is 7.21. The number of nitrogens with one attached hydrogen (secondary N) is 1.